The van der Waals surface area contributed by atoms with Crippen LogP contribution < -0.4 is 10.1 Å². The molecule has 1 amide bonds. The molecule has 31 heavy (non-hydrogen) atoms. The highest BCUT2D eigenvalue weighted by Gasteiger charge is 2.25. The summed E-state index contributed by atoms with van der Waals surface area (Å²) >= 11 is 3.26. The van der Waals surface area contributed by atoms with Crippen LogP contribution in [0.3, 0.4) is 0 Å². The molecule has 2 aromatic heterocycles. The molecule has 3 aromatic rings. The van der Waals surface area contributed by atoms with Gasteiger partial charge in [-0.2, -0.15) is 0 Å². The summed E-state index contributed by atoms with van der Waals surface area (Å²) in [6, 6.07) is 7.55. The summed E-state index contributed by atoms with van der Waals surface area (Å²) in [4.78, 5) is 14.0. The first-order valence-corrected chi connectivity index (χ1v) is 12.4. The van der Waals surface area contributed by atoms with Crippen LogP contribution in [0.4, 0.5) is 5.69 Å². The minimum absolute atomic E-state index is 0.0833. The quantitative estimate of drug-likeness (QED) is 0.479. The number of rotatable bonds is 7. The van der Waals surface area contributed by atoms with Crippen LogP contribution in [0.1, 0.15) is 43.7 Å². The Labute approximate surface area is 191 Å². The number of hydrogen-bond donors (Lipinski definition) is 1. The predicted octanol–water partition coefficient (Wildman–Crippen LogP) is 5.45. The second-order valence-corrected chi connectivity index (χ2v) is 10.1. The van der Waals surface area contributed by atoms with Gasteiger partial charge < -0.3 is 10.1 Å². The lowest BCUT2D eigenvalue weighted by molar-refractivity contribution is -0.113. The largest absolute Gasteiger partial charge is 0.497 e. The lowest BCUT2D eigenvalue weighted by atomic mass is 9.88. The topological polar surface area (TPSA) is 69.0 Å². The minimum atomic E-state index is -0.0833. The van der Waals surface area contributed by atoms with Gasteiger partial charge in [-0.3, -0.25) is 9.36 Å². The summed E-state index contributed by atoms with van der Waals surface area (Å²) in [7, 11) is 1.61. The van der Waals surface area contributed by atoms with E-state index >= 15 is 0 Å². The lowest BCUT2D eigenvalue weighted by Gasteiger charge is -2.19. The van der Waals surface area contributed by atoms with Crippen molar-refractivity contribution < 1.29 is 9.53 Å². The van der Waals surface area contributed by atoms with Crippen molar-refractivity contribution in [3.8, 4) is 17.1 Å². The van der Waals surface area contributed by atoms with Crippen molar-refractivity contribution in [2.24, 2.45) is 5.92 Å². The van der Waals surface area contributed by atoms with Gasteiger partial charge in [0, 0.05) is 33.6 Å². The number of amides is 1. The molecule has 0 bridgehead atoms. The summed E-state index contributed by atoms with van der Waals surface area (Å²) in [5, 5.41) is 14.9. The first-order chi connectivity index (χ1) is 15.0. The zero-order chi connectivity index (χ0) is 22.0. The van der Waals surface area contributed by atoms with Crippen molar-refractivity contribution in [1.29, 1.82) is 0 Å². The van der Waals surface area contributed by atoms with Crippen molar-refractivity contribution in [2.45, 2.75) is 51.2 Å². The number of carbonyl (C=O) groups is 1. The number of ether oxygens (including phenoxy) is 1. The molecule has 0 fully saturated rings. The number of fused-ring (bicyclic) bond motifs is 1. The van der Waals surface area contributed by atoms with Crippen LogP contribution in [0.2, 0.25) is 0 Å². The molecule has 8 heteroatoms. The number of thioether (sulfide) groups is 1. The number of methoxy groups -OCH3 is 1. The first kappa shape index (κ1) is 21.9. The van der Waals surface area contributed by atoms with Crippen LogP contribution in [0.5, 0.6) is 5.75 Å². The SMILES string of the molecule is COc1cccc(NC(=O)CSc2nnc(-c3csc4c3CCC(C)C4)n2C(C)C)c1. The molecule has 0 aliphatic heterocycles. The van der Waals surface area contributed by atoms with Crippen LogP contribution in [0.25, 0.3) is 11.4 Å². The van der Waals surface area contributed by atoms with E-state index in [2.05, 4.69) is 46.2 Å². The Hall–Kier alpha value is -2.32. The smallest absolute Gasteiger partial charge is 0.234 e. The van der Waals surface area contributed by atoms with Gasteiger partial charge in [-0.05, 0) is 56.7 Å². The van der Waals surface area contributed by atoms with Gasteiger partial charge >= 0.3 is 0 Å². The monoisotopic (exact) mass is 456 g/mol. The van der Waals surface area contributed by atoms with E-state index in [9.17, 15) is 4.79 Å². The van der Waals surface area contributed by atoms with Gasteiger partial charge in [-0.15, -0.1) is 21.5 Å². The summed E-state index contributed by atoms with van der Waals surface area (Å²) in [6.07, 6.45) is 3.48. The van der Waals surface area contributed by atoms with Crippen LogP contribution >= 0.6 is 23.1 Å². The zero-order valence-corrected chi connectivity index (χ0v) is 20.0. The van der Waals surface area contributed by atoms with E-state index in [1.165, 1.54) is 34.2 Å². The van der Waals surface area contributed by atoms with Crippen molar-refractivity contribution in [3.05, 3.63) is 40.1 Å². The summed E-state index contributed by atoms with van der Waals surface area (Å²) in [5.41, 5.74) is 3.36. The van der Waals surface area contributed by atoms with E-state index in [0.29, 0.717) is 5.75 Å². The Balaban J connectivity index is 1.50. The molecule has 6 nitrogen and oxygen atoms in total. The molecule has 1 atom stereocenters. The Bertz CT molecular complexity index is 1070. The number of benzene rings is 1. The molecule has 1 aromatic carbocycles. The minimum Gasteiger partial charge on any atom is -0.497 e. The molecular weight excluding hydrogens is 428 g/mol. The summed E-state index contributed by atoms with van der Waals surface area (Å²) < 4.78 is 7.37. The second kappa shape index (κ2) is 9.44. The third kappa shape index (κ3) is 4.80. The second-order valence-electron chi connectivity index (χ2n) is 8.24. The van der Waals surface area contributed by atoms with Gasteiger partial charge in [0.25, 0.3) is 0 Å². The van der Waals surface area contributed by atoms with E-state index < -0.39 is 0 Å². The van der Waals surface area contributed by atoms with Crippen LogP contribution in [0.15, 0.2) is 34.8 Å². The summed E-state index contributed by atoms with van der Waals surface area (Å²) in [5.74, 6) is 2.55. The van der Waals surface area contributed by atoms with E-state index in [0.717, 1.165) is 35.4 Å². The predicted molar refractivity (Wildman–Crippen MR) is 127 cm³/mol. The van der Waals surface area contributed by atoms with Gasteiger partial charge in [0.05, 0.1) is 12.9 Å². The van der Waals surface area contributed by atoms with E-state index in [4.69, 9.17) is 4.74 Å². The normalized spacial score (nSPS) is 15.7. The average molecular weight is 457 g/mol. The number of hydrogen-bond acceptors (Lipinski definition) is 6. The van der Waals surface area contributed by atoms with Crippen molar-refractivity contribution in [2.75, 3.05) is 18.2 Å². The van der Waals surface area contributed by atoms with Crippen LogP contribution in [-0.2, 0) is 17.6 Å². The highest BCUT2D eigenvalue weighted by atomic mass is 32.2. The van der Waals surface area contributed by atoms with E-state index in [1.807, 2.05) is 29.5 Å². The third-order valence-corrected chi connectivity index (χ3v) is 7.50. The van der Waals surface area contributed by atoms with E-state index in [1.54, 1.807) is 13.2 Å². The van der Waals surface area contributed by atoms with Crippen molar-refractivity contribution in [1.82, 2.24) is 14.8 Å². The van der Waals surface area contributed by atoms with Gasteiger partial charge in [0.15, 0.2) is 11.0 Å². The first-order valence-electron chi connectivity index (χ1n) is 10.6. The molecular formula is C23H28N4O2S2. The molecule has 0 saturated carbocycles. The zero-order valence-electron chi connectivity index (χ0n) is 18.3. The third-order valence-electron chi connectivity index (χ3n) is 5.51. The maximum absolute atomic E-state index is 12.5. The van der Waals surface area contributed by atoms with Crippen LogP contribution in [0, 0.1) is 5.92 Å². The number of thiophene rings is 1. The van der Waals surface area contributed by atoms with E-state index in [-0.39, 0.29) is 17.7 Å². The Morgan fingerprint density at radius 1 is 1.39 bits per heavy atom. The average Bonchev–Trinajstić information content (AvgIpc) is 3.35. The van der Waals surface area contributed by atoms with Gasteiger partial charge in [0.2, 0.25) is 5.91 Å². The fourth-order valence-electron chi connectivity index (χ4n) is 3.92. The molecule has 0 spiro atoms. The molecule has 2 heterocycles. The Kier molecular flexibility index (Phi) is 6.67. The number of carbonyl (C=O) groups excluding carboxylic acids is 1. The van der Waals surface area contributed by atoms with Crippen molar-refractivity contribution >= 4 is 34.7 Å². The van der Waals surface area contributed by atoms with Crippen molar-refractivity contribution in [3.63, 3.8) is 0 Å². The van der Waals surface area contributed by atoms with Crippen LogP contribution in [-0.4, -0.2) is 33.5 Å². The molecule has 1 N–H and O–H groups in total. The number of nitrogens with one attached hydrogen (secondary N) is 1. The number of aromatic nitrogens is 3. The molecule has 164 valence electrons. The van der Waals surface area contributed by atoms with Gasteiger partial charge in [-0.25, -0.2) is 0 Å². The Morgan fingerprint density at radius 3 is 3.00 bits per heavy atom. The standard InChI is InChI=1S/C23H28N4O2S2/c1-14(2)27-22(19-12-30-20-10-15(3)8-9-18(19)20)25-26-23(27)31-13-21(28)24-16-6-5-7-17(11-16)29-4/h5-7,11-12,14-15H,8-10,13H2,1-4H3,(H,24,28). The van der Waals surface area contributed by atoms with Gasteiger partial charge in [-0.1, -0.05) is 24.8 Å². The highest BCUT2D eigenvalue weighted by molar-refractivity contribution is 7.99. The fraction of sp³-hybridized carbons (Fsp3) is 0.435. The molecule has 0 radical (unpaired) electrons. The molecule has 4 rings (SSSR count). The molecule has 1 aliphatic rings. The number of nitrogens with zero attached hydrogens (tertiary/aromatic N) is 3. The lowest BCUT2D eigenvalue weighted by Crippen LogP contribution is -2.15. The fourth-order valence-corrected chi connectivity index (χ4v) is 6.03. The highest BCUT2D eigenvalue weighted by Crippen LogP contribution is 2.39. The number of anilines is 1. The maximum atomic E-state index is 12.5. The maximum Gasteiger partial charge on any atom is 0.234 e. The molecule has 1 unspecified atom stereocenters. The summed E-state index contributed by atoms with van der Waals surface area (Å²) in [6.45, 7) is 6.59. The van der Waals surface area contributed by atoms with Gasteiger partial charge in [0.1, 0.15) is 5.75 Å². The molecule has 0 saturated heterocycles. The molecule has 1 aliphatic carbocycles. The Morgan fingerprint density at radius 2 is 2.23 bits per heavy atom.